The molecule has 2 aromatic rings. The van der Waals surface area contributed by atoms with Gasteiger partial charge >= 0.3 is 0 Å². The zero-order chi connectivity index (χ0) is 17.4. The Bertz CT molecular complexity index is 692. The Labute approximate surface area is 140 Å². The molecule has 1 N–H and O–H groups in total. The van der Waals surface area contributed by atoms with Crippen LogP contribution in [-0.4, -0.2) is 28.2 Å². The second-order valence-corrected chi connectivity index (χ2v) is 5.42. The average Bonchev–Trinajstić information content (AvgIpc) is 2.58. The molecule has 0 unspecified atom stereocenters. The summed E-state index contributed by atoms with van der Waals surface area (Å²) in [7, 11) is 0. The van der Waals surface area contributed by atoms with Crippen LogP contribution in [0.3, 0.4) is 0 Å². The number of hydrogen-bond acceptors (Lipinski definition) is 3. The zero-order valence-electron chi connectivity index (χ0n) is 13.5. The van der Waals surface area contributed by atoms with Crippen molar-refractivity contribution in [2.24, 2.45) is 0 Å². The molecule has 1 aromatic heterocycles. The van der Waals surface area contributed by atoms with Gasteiger partial charge in [-0.2, -0.15) is 0 Å². The third-order valence-corrected chi connectivity index (χ3v) is 3.58. The molecule has 126 valence electrons. The molecule has 0 spiro atoms. The van der Waals surface area contributed by atoms with Crippen LogP contribution in [0.1, 0.15) is 24.5 Å². The summed E-state index contributed by atoms with van der Waals surface area (Å²) in [5.41, 5.74) is 1.34. The summed E-state index contributed by atoms with van der Waals surface area (Å²) in [5, 5.41) is 2.67. The molecule has 0 aliphatic rings. The lowest BCUT2D eigenvalue weighted by Crippen LogP contribution is -2.33. The van der Waals surface area contributed by atoms with E-state index in [4.69, 9.17) is 0 Å². The molecule has 6 heteroatoms. The van der Waals surface area contributed by atoms with Crippen molar-refractivity contribution in [3.8, 4) is 0 Å². The molecule has 5 nitrogen and oxygen atoms in total. The summed E-state index contributed by atoms with van der Waals surface area (Å²) in [5.74, 6) is -0.684. The molecule has 0 saturated heterocycles. The highest BCUT2D eigenvalue weighted by atomic mass is 19.1. The van der Waals surface area contributed by atoms with E-state index >= 15 is 0 Å². The van der Waals surface area contributed by atoms with Crippen molar-refractivity contribution >= 4 is 11.8 Å². The Balaban J connectivity index is 1.82. The minimum Gasteiger partial charge on any atom is -0.352 e. The predicted octanol–water partition coefficient (Wildman–Crippen LogP) is 2.28. The Morgan fingerprint density at radius 3 is 2.67 bits per heavy atom. The molecule has 1 heterocycles. The number of amides is 2. The fourth-order valence-electron chi connectivity index (χ4n) is 2.22. The first-order valence-corrected chi connectivity index (χ1v) is 7.71. The van der Waals surface area contributed by atoms with Gasteiger partial charge in [0.05, 0.1) is 0 Å². The summed E-state index contributed by atoms with van der Waals surface area (Å²) in [6.07, 6.45) is 3.51. The molecule has 24 heavy (non-hydrogen) atoms. The topological polar surface area (TPSA) is 62.3 Å². The number of carbonyl (C=O) groups is 2. The summed E-state index contributed by atoms with van der Waals surface area (Å²) < 4.78 is 13.5. The van der Waals surface area contributed by atoms with Crippen LogP contribution in [0.5, 0.6) is 0 Å². The molecule has 2 rings (SSSR count). The number of rotatable bonds is 7. The van der Waals surface area contributed by atoms with E-state index in [-0.39, 0.29) is 30.6 Å². The Hall–Kier alpha value is -2.76. The largest absolute Gasteiger partial charge is 0.352 e. The van der Waals surface area contributed by atoms with Crippen LogP contribution in [0.25, 0.3) is 0 Å². The van der Waals surface area contributed by atoms with Gasteiger partial charge in [0.1, 0.15) is 5.82 Å². The minimum absolute atomic E-state index is 0.110. The quantitative estimate of drug-likeness (QED) is 0.848. The maximum absolute atomic E-state index is 13.5. The number of pyridine rings is 1. The second kappa shape index (κ2) is 8.76. The minimum atomic E-state index is -0.347. The Morgan fingerprint density at radius 2 is 2.00 bits per heavy atom. The fraction of sp³-hybridized carbons (Fsp3) is 0.278. The lowest BCUT2D eigenvalue weighted by molar-refractivity contribution is -0.130. The molecule has 0 atom stereocenters. The normalized spacial score (nSPS) is 10.2. The maximum atomic E-state index is 13.5. The van der Waals surface area contributed by atoms with Gasteiger partial charge in [-0.1, -0.05) is 24.3 Å². The van der Waals surface area contributed by atoms with Crippen molar-refractivity contribution in [2.75, 3.05) is 6.54 Å². The molecular formula is C18H20FN3O2. The molecule has 0 aliphatic heterocycles. The second-order valence-electron chi connectivity index (χ2n) is 5.42. The molecule has 0 saturated carbocycles. The van der Waals surface area contributed by atoms with Gasteiger partial charge in [-0.25, -0.2) is 4.39 Å². The van der Waals surface area contributed by atoms with E-state index in [1.807, 2.05) is 6.07 Å². The van der Waals surface area contributed by atoms with Crippen molar-refractivity contribution in [3.05, 3.63) is 65.7 Å². The Morgan fingerprint density at radius 1 is 1.21 bits per heavy atom. The lowest BCUT2D eigenvalue weighted by Gasteiger charge is -2.20. The number of halogens is 1. The van der Waals surface area contributed by atoms with Gasteiger partial charge in [-0.15, -0.1) is 0 Å². The average molecular weight is 329 g/mol. The number of benzene rings is 1. The standard InChI is InChI=1S/C18H20FN3O2/c1-14(23)22(13-15-5-4-9-20-11-15)10-8-18(24)21-12-16-6-2-3-7-17(16)19/h2-7,9,11H,8,10,12-13H2,1H3,(H,21,24). The zero-order valence-corrected chi connectivity index (χ0v) is 13.5. The van der Waals surface area contributed by atoms with Crippen molar-refractivity contribution in [3.63, 3.8) is 0 Å². The number of carbonyl (C=O) groups excluding carboxylic acids is 2. The highest BCUT2D eigenvalue weighted by molar-refractivity contribution is 5.78. The maximum Gasteiger partial charge on any atom is 0.222 e. The van der Waals surface area contributed by atoms with Crippen molar-refractivity contribution in [1.29, 1.82) is 0 Å². The van der Waals surface area contributed by atoms with E-state index in [0.717, 1.165) is 5.56 Å². The molecule has 1 aromatic carbocycles. The first kappa shape index (κ1) is 17.6. The van der Waals surface area contributed by atoms with Crippen LogP contribution in [0.15, 0.2) is 48.8 Å². The third-order valence-electron chi connectivity index (χ3n) is 3.58. The van der Waals surface area contributed by atoms with Crippen molar-refractivity contribution in [1.82, 2.24) is 15.2 Å². The van der Waals surface area contributed by atoms with E-state index in [1.165, 1.54) is 13.0 Å². The molecular weight excluding hydrogens is 309 g/mol. The monoisotopic (exact) mass is 329 g/mol. The van der Waals surface area contributed by atoms with E-state index in [1.54, 1.807) is 41.6 Å². The van der Waals surface area contributed by atoms with Crippen molar-refractivity contribution < 1.29 is 14.0 Å². The third kappa shape index (κ3) is 5.46. The summed E-state index contributed by atoms with van der Waals surface area (Å²) in [4.78, 5) is 29.2. The number of nitrogens with zero attached hydrogens (tertiary/aromatic N) is 2. The lowest BCUT2D eigenvalue weighted by atomic mass is 10.2. The predicted molar refractivity (Wildman–Crippen MR) is 88.2 cm³/mol. The van der Waals surface area contributed by atoms with E-state index in [2.05, 4.69) is 10.3 Å². The van der Waals surface area contributed by atoms with Gasteiger partial charge in [-0.3, -0.25) is 14.6 Å². The van der Waals surface area contributed by atoms with Crippen molar-refractivity contribution in [2.45, 2.75) is 26.4 Å². The Kier molecular flexibility index (Phi) is 6.42. The number of nitrogens with one attached hydrogen (secondary N) is 1. The molecule has 2 amide bonds. The smallest absolute Gasteiger partial charge is 0.222 e. The van der Waals surface area contributed by atoms with Gasteiger partial charge in [0, 0.05) is 50.9 Å². The highest BCUT2D eigenvalue weighted by Gasteiger charge is 2.12. The van der Waals surface area contributed by atoms with Crippen LogP contribution in [0.4, 0.5) is 4.39 Å². The molecule has 0 bridgehead atoms. The van der Waals surface area contributed by atoms with E-state index < -0.39 is 0 Å². The first-order chi connectivity index (χ1) is 11.6. The molecule has 0 radical (unpaired) electrons. The van der Waals surface area contributed by atoms with Crippen LogP contribution < -0.4 is 5.32 Å². The van der Waals surface area contributed by atoms with Gasteiger partial charge < -0.3 is 10.2 Å². The first-order valence-electron chi connectivity index (χ1n) is 7.71. The summed E-state index contributed by atoms with van der Waals surface area (Å²) >= 11 is 0. The fourth-order valence-corrected chi connectivity index (χ4v) is 2.22. The highest BCUT2D eigenvalue weighted by Crippen LogP contribution is 2.06. The summed E-state index contributed by atoms with van der Waals surface area (Å²) in [6.45, 7) is 2.30. The number of hydrogen-bond donors (Lipinski definition) is 1. The SMILES string of the molecule is CC(=O)N(CCC(=O)NCc1ccccc1F)Cc1cccnc1. The summed E-state index contributed by atoms with van der Waals surface area (Å²) in [6, 6.07) is 9.97. The van der Waals surface area contributed by atoms with Gasteiger partial charge in [0.15, 0.2) is 0 Å². The molecule has 0 aliphatic carbocycles. The van der Waals surface area contributed by atoms with Gasteiger partial charge in [-0.05, 0) is 17.7 Å². The van der Waals surface area contributed by atoms with Crippen LogP contribution in [0.2, 0.25) is 0 Å². The van der Waals surface area contributed by atoms with Crippen LogP contribution >= 0.6 is 0 Å². The van der Waals surface area contributed by atoms with Crippen LogP contribution in [-0.2, 0) is 22.7 Å². The number of aromatic nitrogens is 1. The molecule has 0 fully saturated rings. The van der Waals surface area contributed by atoms with Crippen LogP contribution in [0, 0.1) is 5.82 Å². The van der Waals surface area contributed by atoms with Gasteiger partial charge in [0.25, 0.3) is 0 Å². The van der Waals surface area contributed by atoms with Gasteiger partial charge in [0.2, 0.25) is 11.8 Å². The van der Waals surface area contributed by atoms with E-state index in [0.29, 0.717) is 18.7 Å². The van der Waals surface area contributed by atoms with E-state index in [9.17, 15) is 14.0 Å².